The topological polar surface area (TPSA) is 6.48 Å². The maximum Gasteiger partial charge on any atom is 0.0233 e. The van der Waals surface area contributed by atoms with Gasteiger partial charge in [0.1, 0.15) is 0 Å². The van der Waals surface area contributed by atoms with Crippen molar-refractivity contribution in [3.8, 4) is 11.1 Å². The Balaban J connectivity index is 0.00000420. The normalized spacial score (nSPS) is 12.0. The Morgan fingerprint density at radius 3 is 1.10 bits per heavy atom. The fourth-order valence-corrected chi connectivity index (χ4v) is 3.59. The van der Waals surface area contributed by atoms with E-state index < -0.39 is 0 Å². The number of hydrogen-bond donors (Lipinski definition) is 0. The van der Waals surface area contributed by atoms with Crippen molar-refractivity contribution in [2.24, 2.45) is 0 Å². The number of benzene rings is 2. The van der Waals surface area contributed by atoms with Gasteiger partial charge in [0.25, 0.3) is 0 Å². The molecule has 0 aromatic heterocycles. The van der Waals surface area contributed by atoms with Crippen LogP contribution >= 0.6 is 24.8 Å². The van der Waals surface area contributed by atoms with E-state index in [0.29, 0.717) is 0 Å². The van der Waals surface area contributed by atoms with Crippen LogP contribution in [0.3, 0.4) is 0 Å². The Labute approximate surface area is 197 Å². The van der Waals surface area contributed by atoms with Gasteiger partial charge < -0.3 is 9.80 Å². The first-order valence-corrected chi connectivity index (χ1v) is 10.4. The van der Waals surface area contributed by atoms with Crippen LogP contribution in [-0.4, -0.2) is 38.0 Å². The van der Waals surface area contributed by atoms with Crippen LogP contribution in [0.4, 0.5) is 0 Å². The van der Waals surface area contributed by atoms with Crippen molar-refractivity contribution in [3.05, 3.63) is 58.7 Å². The van der Waals surface area contributed by atoms with Gasteiger partial charge in [-0.3, -0.25) is 0 Å². The van der Waals surface area contributed by atoms with Crippen molar-refractivity contribution >= 4 is 24.8 Å². The lowest BCUT2D eigenvalue weighted by Crippen LogP contribution is -2.17. The lowest BCUT2D eigenvalue weighted by Gasteiger charge is -2.26. The average molecular weight is 454 g/mol. The Morgan fingerprint density at radius 1 is 0.567 bits per heavy atom. The van der Waals surface area contributed by atoms with Gasteiger partial charge in [-0.05, 0) is 72.4 Å². The number of hydrogen-bond acceptors (Lipinski definition) is 2. The van der Waals surface area contributed by atoms with Crippen molar-refractivity contribution in [1.29, 1.82) is 0 Å². The molecule has 2 aromatic rings. The highest BCUT2D eigenvalue weighted by Crippen LogP contribution is 2.35. The fourth-order valence-electron chi connectivity index (χ4n) is 3.59. The Hall–Kier alpha value is -1.06. The minimum atomic E-state index is 0. The van der Waals surface area contributed by atoms with E-state index in [2.05, 4.69) is 116 Å². The molecule has 0 N–H and O–H groups in total. The van der Waals surface area contributed by atoms with Crippen LogP contribution in [0.2, 0.25) is 0 Å². The first-order valence-electron chi connectivity index (χ1n) is 10.4. The van der Waals surface area contributed by atoms with Crippen molar-refractivity contribution < 1.29 is 0 Å². The number of nitrogens with zero attached hydrogens (tertiary/aromatic N) is 2. The molecule has 0 radical (unpaired) electrons. The van der Waals surface area contributed by atoms with E-state index in [1.807, 2.05) is 0 Å². The summed E-state index contributed by atoms with van der Waals surface area (Å²) in [6.45, 7) is 15.6. The molecule has 0 aliphatic carbocycles. The highest BCUT2D eigenvalue weighted by molar-refractivity contribution is 5.85. The SMILES string of the molecule is CN(C)Cc1cc(C(C)(C)C)ccc1-c1ccc(C(C)(C)C)cc1CN(C)C.Cl.Cl. The van der Waals surface area contributed by atoms with Gasteiger partial charge in [-0.25, -0.2) is 0 Å². The molecule has 0 amide bonds. The van der Waals surface area contributed by atoms with Crippen LogP contribution in [0.1, 0.15) is 63.8 Å². The van der Waals surface area contributed by atoms with Gasteiger partial charge in [-0.15, -0.1) is 24.8 Å². The first kappa shape index (κ1) is 28.9. The third-order valence-electron chi connectivity index (χ3n) is 5.21. The molecular formula is C26H42Cl2N2. The Morgan fingerprint density at radius 2 is 0.867 bits per heavy atom. The molecule has 0 heterocycles. The molecule has 2 aromatic carbocycles. The molecule has 0 spiro atoms. The molecule has 2 nitrogen and oxygen atoms in total. The number of halogens is 2. The monoisotopic (exact) mass is 452 g/mol. The standard InChI is InChI=1S/C26H40N2.2ClH/c1-25(2,3)21-11-13-23(19(15-21)17-27(7)8)24-14-12-22(26(4,5)6)16-20(24)18-28(9)10;;/h11-16H,17-18H2,1-10H3;2*1H. The summed E-state index contributed by atoms with van der Waals surface area (Å²) in [4.78, 5) is 4.53. The predicted molar refractivity (Wildman–Crippen MR) is 139 cm³/mol. The van der Waals surface area contributed by atoms with Crippen molar-refractivity contribution in [2.75, 3.05) is 28.2 Å². The predicted octanol–water partition coefficient (Wildman–Crippen LogP) is 6.92. The molecular weight excluding hydrogens is 411 g/mol. The lowest BCUT2D eigenvalue weighted by atomic mass is 9.82. The molecule has 170 valence electrons. The lowest BCUT2D eigenvalue weighted by molar-refractivity contribution is 0.400. The maximum absolute atomic E-state index is 2.41. The maximum atomic E-state index is 2.41. The molecule has 0 unspecified atom stereocenters. The molecule has 2 rings (SSSR count). The molecule has 0 saturated heterocycles. The van der Waals surface area contributed by atoms with Gasteiger partial charge in [0.05, 0.1) is 0 Å². The second-order valence-corrected chi connectivity index (χ2v) is 10.7. The van der Waals surface area contributed by atoms with Crippen LogP contribution in [0.25, 0.3) is 11.1 Å². The summed E-state index contributed by atoms with van der Waals surface area (Å²) in [7, 11) is 8.60. The van der Waals surface area contributed by atoms with Gasteiger partial charge in [-0.1, -0.05) is 77.9 Å². The number of rotatable bonds is 5. The Bertz CT molecular complexity index is 743. The quantitative estimate of drug-likeness (QED) is 0.485. The third-order valence-corrected chi connectivity index (χ3v) is 5.21. The van der Waals surface area contributed by atoms with Crippen molar-refractivity contribution in [3.63, 3.8) is 0 Å². The fraction of sp³-hybridized carbons (Fsp3) is 0.538. The summed E-state index contributed by atoms with van der Waals surface area (Å²) in [5.41, 5.74) is 8.63. The van der Waals surface area contributed by atoms with E-state index >= 15 is 0 Å². The van der Waals surface area contributed by atoms with Gasteiger partial charge in [0, 0.05) is 13.1 Å². The van der Waals surface area contributed by atoms with Crippen LogP contribution < -0.4 is 0 Å². The minimum absolute atomic E-state index is 0. The zero-order valence-electron chi connectivity index (χ0n) is 20.6. The van der Waals surface area contributed by atoms with Gasteiger partial charge in [-0.2, -0.15) is 0 Å². The molecule has 0 saturated carbocycles. The molecule has 0 aliphatic heterocycles. The van der Waals surface area contributed by atoms with Crippen molar-refractivity contribution in [1.82, 2.24) is 9.80 Å². The smallest absolute Gasteiger partial charge is 0.0233 e. The second-order valence-electron chi connectivity index (χ2n) is 10.7. The van der Waals surface area contributed by atoms with Gasteiger partial charge >= 0.3 is 0 Å². The van der Waals surface area contributed by atoms with E-state index in [-0.39, 0.29) is 35.6 Å². The largest absolute Gasteiger partial charge is 0.305 e. The molecule has 0 bridgehead atoms. The summed E-state index contributed by atoms with van der Waals surface area (Å²) in [6.07, 6.45) is 0. The van der Waals surface area contributed by atoms with E-state index in [1.54, 1.807) is 0 Å². The summed E-state index contributed by atoms with van der Waals surface area (Å²) in [5, 5.41) is 0. The summed E-state index contributed by atoms with van der Waals surface area (Å²) in [6, 6.07) is 14.1. The highest BCUT2D eigenvalue weighted by Gasteiger charge is 2.20. The van der Waals surface area contributed by atoms with Crippen LogP contribution in [0, 0.1) is 0 Å². The second kappa shape index (κ2) is 11.0. The molecule has 0 fully saturated rings. The molecule has 0 atom stereocenters. The summed E-state index contributed by atoms with van der Waals surface area (Å²) < 4.78 is 0. The minimum Gasteiger partial charge on any atom is -0.305 e. The van der Waals surface area contributed by atoms with E-state index in [0.717, 1.165) is 13.1 Å². The van der Waals surface area contributed by atoms with E-state index in [9.17, 15) is 0 Å². The molecule has 30 heavy (non-hydrogen) atoms. The summed E-state index contributed by atoms with van der Waals surface area (Å²) >= 11 is 0. The zero-order chi connectivity index (χ0) is 21.3. The van der Waals surface area contributed by atoms with Gasteiger partial charge in [0.15, 0.2) is 0 Å². The first-order chi connectivity index (χ1) is 12.8. The van der Waals surface area contributed by atoms with E-state index in [4.69, 9.17) is 0 Å². The van der Waals surface area contributed by atoms with Crippen LogP contribution in [-0.2, 0) is 23.9 Å². The zero-order valence-corrected chi connectivity index (χ0v) is 22.2. The van der Waals surface area contributed by atoms with Gasteiger partial charge in [0.2, 0.25) is 0 Å². The van der Waals surface area contributed by atoms with E-state index in [1.165, 1.54) is 33.4 Å². The molecule has 4 heteroatoms. The summed E-state index contributed by atoms with van der Waals surface area (Å²) in [5.74, 6) is 0. The van der Waals surface area contributed by atoms with Crippen LogP contribution in [0.5, 0.6) is 0 Å². The highest BCUT2D eigenvalue weighted by atomic mass is 35.5. The average Bonchev–Trinajstić information content (AvgIpc) is 2.52. The van der Waals surface area contributed by atoms with Crippen LogP contribution in [0.15, 0.2) is 36.4 Å². The molecule has 0 aliphatic rings. The van der Waals surface area contributed by atoms with Crippen molar-refractivity contribution in [2.45, 2.75) is 65.5 Å². The Kier molecular flexibility index (Phi) is 10.6. The third kappa shape index (κ3) is 7.57.